The van der Waals surface area contributed by atoms with Gasteiger partial charge in [-0.1, -0.05) is 6.07 Å². The summed E-state index contributed by atoms with van der Waals surface area (Å²) in [6, 6.07) is 5.89. The minimum absolute atomic E-state index is 0.546. The number of aryl methyl sites for hydroxylation is 2. The van der Waals surface area contributed by atoms with Gasteiger partial charge in [-0.15, -0.1) is 10.2 Å². The Morgan fingerprint density at radius 3 is 3.05 bits per heavy atom. The Kier molecular flexibility index (Phi) is 4.68. The van der Waals surface area contributed by atoms with Gasteiger partial charge < -0.3 is 9.30 Å². The van der Waals surface area contributed by atoms with Gasteiger partial charge in [0.15, 0.2) is 0 Å². The smallest absolute Gasteiger partial charge is 0.213 e. The van der Waals surface area contributed by atoms with Crippen molar-refractivity contribution in [2.75, 3.05) is 19.7 Å². The highest BCUT2D eigenvalue weighted by Crippen LogP contribution is 2.19. The molecule has 0 N–H and O–H groups in total. The van der Waals surface area contributed by atoms with Crippen molar-refractivity contribution in [3.05, 3.63) is 36.0 Å². The van der Waals surface area contributed by atoms with E-state index in [1.165, 1.54) is 12.8 Å². The van der Waals surface area contributed by atoms with Gasteiger partial charge >= 0.3 is 0 Å². The van der Waals surface area contributed by atoms with E-state index >= 15 is 0 Å². The third-order valence-electron chi connectivity index (χ3n) is 4.10. The Morgan fingerprint density at radius 2 is 2.27 bits per heavy atom. The zero-order chi connectivity index (χ0) is 15.4. The van der Waals surface area contributed by atoms with Crippen LogP contribution in [-0.2, 0) is 13.6 Å². The largest absolute Gasteiger partial charge is 0.477 e. The quantitative estimate of drug-likeness (QED) is 0.843. The van der Waals surface area contributed by atoms with Crippen LogP contribution < -0.4 is 4.74 Å². The summed E-state index contributed by atoms with van der Waals surface area (Å²) in [7, 11) is 1.99. The van der Waals surface area contributed by atoms with Crippen LogP contribution in [0, 0.1) is 12.8 Å². The van der Waals surface area contributed by atoms with Gasteiger partial charge in [-0.2, -0.15) is 0 Å². The van der Waals surface area contributed by atoms with Crippen LogP contribution in [0.3, 0.4) is 0 Å². The minimum atomic E-state index is 0.546. The topological polar surface area (TPSA) is 56.1 Å². The van der Waals surface area contributed by atoms with Gasteiger partial charge in [-0.25, -0.2) is 4.98 Å². The van der Waals surface area contributed by atoms with E-state index in [4.69, 9.17) is 4.74 Å². The van der Waals surface area contributed by atoms with Gasteiger partial charge in [0.05, 0.1) is 13.2 Å². The molecule has 0 spiro atoms. The lowest BCUT2D eigenvalue weighted by Crippen LogP contribution is -2.37. The van der Waals surface area contributed by atoms with Crippen LogP contribution in [-0.4, -0.2) is 44.3 Å². The summed E-state index contributed by atoms with van der Waals surface area (Å²) in [5, 5.41) is 8.11. The lowest BCUT2D eigenvalue weighted by molar-refractivity contribution is 0.120. The van der Waals surface area contributed by atoms with E-state index in [0.717, 1.165) is 43.6 Å². The van der Waals surface area contributed by atoms with Gasteiger partial charge in [0.2, 0.25) is 5.88 Å². The molecule has 2 aromatic heterocycles. The summed E-state index contributed by atoms with van der Waals surface area (Å²) in [4.78, 5) is 6.83. The van der Waals surface area contributed by atoms with E-state index in [1.807, 2.05) is 36.7 Å². The van der Waals surface area contributed by atoms with Gasteiger partial charge in [-0.05, 0) is 32.4 Å². The number of pyridine rings is 1. The molecule has 6 nitrogen and oxygen atoms in total. The molecule has 1 fully saturated rings. The summed E-state index contributed by atoms with van der Waals surface area (Å²) < 4.78 is 7.85. The highest BCUT2D eigenvalue weighted by atomic mass is 16.5. The van der Waals surface area contributed by atoms with Crippen molar-refractivity contribution in [2.45, 2.75) is 26.3 Å². The first-order chi connectivity index (χ1) is 10.7. The molecule has 0 bridgehead atoms. The molecule has 1 saturated heterocycles. The van der Waals surface area contributed by atoms with Crippen molar-refractivity contribution in [2.24, 2.45) is 13.0 Å². The van der Waals surface area contributed by atoms with E-state index < -0.39 is 0 Å². The summed E-state index contributed by atoms with van der Waals surface area (Å²) in [6.07, 6.45) is 4.16. The molecule has 0 saturated carbocycles. The molecular formula is C16H23N5O. The van der Waals surface area contributed by atoms with Crippen LogP contribution in [0.5, 0.6) is 5.88 Å². The number of hydrogen-bond acceptors (Lipinski definition) is 5. The van der Waals surface area contributed by atoms with Crippen molar-refractivity contribution >= 4 is 0 Å². The van der Waals surface area contributed by atoms with Crippen molar-refractivity contribution in [1.29, 1.82) is 0 Å². The third-order valence-corrected chi connectivity index (χ3v) is 4.10. The Hall–Kier alpha value is -1.95. The number of piperidine rings is 1. The van der Waals surface area contributed by atoms with Crippen LogP contribution in [0.2, 0.25) is 0 Å². The van der Waals surface area contributed by atoms with E-state index in [9.17, 15) is 0 Å². The monoisotopic (exact) mass is 301 g/mol. The molecular weight excluding hydrogens is 278 g/mol. The predicted octanol–water partition coefficient (Wildman–Crippen LogP) is 1.81. The molecule has 3 rings (SSSR count). The normalized spacial score (nSPS) is 19.3. The number of aromatic nitrogens is 4. The van der Waals surface area contributed by atoms with Crippen molar-refractivity contribution in [3.8, 4) is 5.88 Å². The SMILES string of the molecule is Cc1cccc(OCC2CCCN(Cc3nncn3C)C2)n1. The van der Waals surface area contributed by atoms with Crippen LogP contribution in [0.25, 0.3) is 0 Å². The summed E-state index contributed by atoms with van der Waals surface area (Å²) >= 11 is 0. The van der Waals surface area contributed by atoms with Crippen LogP contribution in [0.1, 0.15) is 24.4 Å². The lowest BCUT2D eigenvalue weighted by atomic mass is 9.99. The highest BCUT2D eigenvalue weighted by molar-refractivity contribution is 5.14. The first-order valence-corrected chi connectivity index (χ1v) is 7.82. The number of likely N-dealkylation sites (tertiary alicyclic amines) is 1. The molecule has 1 atom stereocenters. The maximum absolute atomic E-state index is 5.86. The number of ether oxygens (including phenoxy) is 1. The van der Waals surface area contributed by atoms with Crippen molar-refractivity contribution in [3.63, 3.8) is 0 Å². The van der Waals surface area contributed by atoms with Gasteiger partial charge in [-0.3, -0.25) is 4.90 Å². The van der Waals surface area contributed by atoms with Crippen LogP contribution >= 0.6 is 0 Å². The fourth-order valence-corrected chi connectivity index (χ4v) is 2.88. The Morgan fingerprint density at radius 1 is 1.36 bits per heavy atom. The molecule has 118 valence electrons. The highest BCUT2D eigenvalue weighted by Gasteiger charge is 2.21. The number of hydrogen-bond donors (Lipinski definition) is 0. The fraction of sp³-hybridized carbons (Fsp3) is 0.562. The average molecular weight is 301 g/mol. The van der Waals surface area contributed by atoms with E-state index in [2.05, 4.69) is 20.1 Å². The standard InChI is InChI=1S/C16H23N5O/c1-13-5-3-7-16(18-13)22-11-14-6-4-8-21(9-14)10-15-19-17-12-20(15)2/h3,5,7,12,14H,4,6,8-11H2,1-2H3. The molecule has 1 aliphatic heterocycles. The molecule has 0 aliphatic carbocycles. The molecule has 0 aromatic carbocycles. The molecule has 3 heterocycles. The summed E-state index contributed by atoms with van der Waals surface area (Å²) in [5.74, 6) is 2.29. The van der Waals surface area contributed by atoms with Gasteiger partial charge in [0.1, 0.15) is 12.2 Å². The molecule has 1 unspecified atom stereocenters. The predicted molar refractivity (Wildman–Crippen MR) is 83.5 cm³/mol. The van der Waals surface area contributed by atoms with E-state index in [0.29, 0.717) is 5.92 Å². The number of nitrogens with zero attached hydrogens (tertiary/aromatic N) is 5. The average Bonchev–Trinajstić information content (AvgIpc) is 2.91. The molecule has 0 radical (unpaired) electrons. The van der Waals surface area contributed by atoms with Gasteiger partial charge in [0.25, 0.3) is 0 Å². The first-order valence-electron chi connectivity index (χ1n) is 7.82. The van der Waals surface area contributed by atoms with Crippen LogP contribution in [0.15, 0.2) is 24.5 Å². The van der Waals surface area contributed by atoms with E-state index in [1.54, 1.807) is 6.33 Å². The second kappa shape index (κ2) is 6.87. The Labute approximate surface area is 131 Å². The number of rotatable bonds is 5. The molecule has 0 amide bonds. The van der Waals surface area contributed by atoms with Gasteiger partial charge in [0, 0.05) is 31.3 Å². The molecule has 1 aliphatic rings. The first kappa shape index (κ1) is 15.0. The van der Waals surface area contributed by atoms with Crippen molar-refractivity contribution in [1.82, 2.24) is 24.6 Å². The third kappa shape index (κ3) is 3.82. The Balaban J connectivity index is 1.51. The lowest BCUT2D eigenvalue weighted by Gasteiger charge is -2.32. The van der Waals surface area contributed by atoms with E-state index in [-0.39, 0.29) is 0 Å². The molecule has 6 heteroatoms. The maximum atomic E-state index is 5.86. The summed E-state index contributed by atoms with van der Waals surface area (Å²) in [6.45, 7) is 5.72. The van der Waals surface area contributed by atoms with Crippen molar-refractivity contribution < 1.29 is 4.74 Å². The fourth-order valence-electron chi connectivity index (χ4n) is 2.88. The Bertz CT molecular complexity index is 612. The molecule has 2 aromatic rings. The van der Waals surface area contributed by atoms with Crippen LogP contribution in [0.4, 0.5) is 0 Å². The minimum Gasteiger partial charge on any atom is -0.477 e. The maximum Gasteiger partial charge on any atom is 0.213 e. The molecule has 22 heavy (non-hydrogen) atoms. The zero-order valence-electron chi connectivity index (χ0n) is 13.3. The second-order valence-corrected chi connectivity index (χ2v) is 6.03. The second-order valence-electron chi connectivity index (χ2n) is 6.03. The zero-order valence-corrected chi connectivity index (χ0v) is 13.3. The summed E-state index contributed by atoms with van der Waals surface area (Å²) in [5.41, 5.74) is 0.991.